The van der Waals surface area contributed by atoms with Gasteiger partial charge in [0.25, 0.3) is 5.56 Å². The molecule has 1 atom stereocenters. The Labute approximate surface area is 138 Å². The van der Waals surface area contributed by atoms with Gasteiger partial charge in [-0.15, -0.1) is 11.3 Å². The van der Waals surface area contributed by atoms with Crippen LogP contribution in [0.3, 0.4) is 0 Å². The highest BCUT2D eigenvalue weighted by atomic mass is 32.1. The molecule has 2 heterocycles. The summed E-state index contributed by atoms with van der Waals surface area (Å²) in [5.41, 5.74) is 2.33. The highest BCUT2D eigenvalue weighted by Gasteiger charge is 2.15. The molecule has 0 saturated carbocycles. The summed E-state index contributed by atoms with van der Waals surface area (Å²) in [6.07, 6.45) is 1.19. The minimum atomic E-state index is -0.530. The van der Waals surface area contributed by atoms with Crippen LogP contribution in [-0.2, 0) is 6.54 Å². The Morgan fingerprint density at radius 2 is 2.13 bits per heavy atom. The van der Waals surface area contributed by atoms with Gasteiger partial charge in [-0.25, -0.2) is 4.98 Å². The van der Waals surface area contributed by atoms with Gasteiger partial charge in [-0.1, -0.05) is 32.0 Å². The Bertz CT molecular complexity index is 869. The number of nitrogens with zero attached hydrogens (tertiary/aromatic N) is 2. The molecule has 2 N–H and O–H groups in total. The maximum absolute atomic E-state index is 12.0. The molecule has 0 bridgehead atoms. The van der Waals surface area contributed by atoms with Crippen molar-refractivity contribution in [2.45, 2.75) is 26.5 Å². The van der Waals surface area contributed by atoms with Gasteiger partial charge in [0.2, 0.25) is 0 Å². The molecule has 0 radical (unpaired) electrons. The van der Waals surface area contributed by atoms with Crippen LogP contribution in [0.5, 0.6) is 0 Å². The zero-order valence-corrected chi connectivity index (χ0v) is 13.9. The molecule has 6 heteroatoms. The molecular formula is C17H19N3O2S. The maximum atomic E-state index is 12.0. The quantitative estimate of drug-likeness (QED) is 0.755. The Kier molecular flexibility index (Phi) is 4.45. The lowest BCUT2D eigenvalue weighted by molar-refractivity contribution is 0.127. The lowest BCUT2D eigenvalue weighted by atomic mass is 9.97. The maximum Gasteiger partial charge on any atom is 0.258 e. The standard InChI is InChI=1S/C17H19N3O2S/c1-11(2)16(22)13-5-3-4-6-14(13)18-10-12-9-15(21)20-7-8-23-17(20)19-12/h3-9,11,16,18,22H,10H2,1-2H3/t16-/m1/s1. The monoisotopic (exact) mass is 329 g/mol. The molecule has 0 aliphatic heterocycles. The topological polar surface area (TPSA) is 66.6 Å². The fourth-order valence-corrected chi connectivity index (χ4v) is 3.18. The molecule has 1 aromatic carbocycles. The number of hydrogen-bond donors (Lipinski definition) is 2. The van der Waals surface area contributed by atoms with E-state index in [2.05, 4.69) is 10.3 Å². The molecule has 3 aromatic rings. The number of nitrogens with one attached hydrogen (secondary N) is 1. The zero-order chi connectivity index (χ0) is 16.4. The first-order valence-corrected chi connectivity index (χ1v) is 8.41. The van der Waals surface area contributed by atoms with Crippen LogP contribution in [-0.4, -0.2) is 14.5 Å². The molecule has 3 rings (SSSR count). The third-order valence-corrected chi connectivity index (χ3v) is 4.48. The number of para-hydroxylation sites is 1. The molecule has 0 amide bonds. The largest absolute Gasteiger partial charge is 0.388 e. The Morgan fingerprint density at radius 1 is 1.35 bits per heavy atom. The molecule has 0 fully saturated rings. The van der Waals surface area contributed by atoms with Crippen molar-refractivity contribution in [1.82, 2.24) is 9.38 Å². The Hall–Kier alpha value is -2.18. The van der Waals surface area contributed by atoms with Gasteiger partial charge >= 0.3 is 0 Å². The van der Waals surface area contributed by atoms with E-state index in [1.54, 1.807) is 6.20 Å². The van der Waals surface area contributed by atoms with Gasteiger partial charge in [-0.3, -0.25) is 9.20 Å². The molecule has 0 unspecified atom stereocenters. The number of hydrogen-bond acceptors (Lipinski definition) is 5. The number of aliphatic hydroxyl groups is 1. The highest BCUT2D eigenvalue weighted by Crippen LogP contribution is 2.28. The molecule has 120 valence electrons. The van der Waals surface area contributed by atoms with Crippen LogP contribution in [0.1, 0.15) is 31.2 Å². The fraction of sp³-hybridized carbons (Fsp3) is 0.294. The van der Waals surface area contributed by atoms with E-state index in [0.29, 0.717) is 17.2 Å². The highest BCUT2D eigenvalue weighted by molar-refractivity contribution is 7.15. The molecule has 5 nitrogen and oxygen atoms in total. The second-order valence-electron chi connectivity index (χ2n) is 5.77. The molecule has 0 saturated heterocycles. The molecule has 23 heavy (non-hydrogen) atoms. The third kappa shape index (κ3) is 3.28. The van der Waals surface area contributed by atoms with Gasteiger partial charge in [0.1, 0.15) is 0 Å². The van der Waals surface area contributed by atoms with E-state index in [1.165, 1.54) is 21.8 Å². The van der Waals surface area contributed by atoms with E-state index in [0.717, 1.165) is 11.3 Å². The predicted octanol–water partition coefficient (Wildman–Crippen LogP) is 3.06. The van der Waals surface area contributed by atoms with E-state index in [4.69, 9.17) is 0 Å². The predicted molar refractivity (Wildman–Crippen MR) is 92.9 cm³/mol. The van der Waals surface area contributed by atoms with E-state index < -0.39 is 6.10 Å². The SMILES string of the molecule is CC(C)[C@@H](O)c1ccccc1NCc1cc(=O)n2ccsc2n1. The molecular weight excluding hydrogens is 310 g/mol. The van der Waals surface area contributed by atoms with Crippen LogP contribution < -0.4 is 10.9 Å². The van der Waals surface area contributed by atoms with E-state index in [1.807, 2.05) is 43.5 Å². The Balaban J connectivity index is 1.84. The first-order valence-electron chi connectivity index (χ1n) is 7.53. The van der Waals surface area contributed by atoms with Crippen molar-refractivity contribution >= 4 is 22.0 Å². The second-order valence-corrected chi connectivity index (χ2v) is 6.64. The van der Waals surface area contributed by atoms with Gasteiger partial charge in [0.05, 0.1) is 18.3 Å². The van der Waals surface area contributed by atoms with Crippen molar-refractivity contribution in [3.8, 4) is 0 Å². The lowest BCUT2D eigenvalue weighted by Crippen LogP contribution is -2.15. The lowest BCUT2D eigenvalue weighted by Gasteiger charge is -2.19. The number of benzene rings is 1. The summed E-state index contributed by atoms with van der Waals surface area (Å²) < 4.78 is 1.53. The van der Waals surface area contributed by atoms with Crippen molar-refractivity contribution in [2.24, 2.45) is 5.92 Å². The van der Waals surface area contributed by atoms with Crippen molar-refractivity contribution in [2.75, 3.05) is 5.32 Å². The summed E-state index contributed by atoms with van der Waals surface area (Å²) in [4.78, 5) is 17.2. The van der Waals surface area contributed by atoms with Gasteiger partial charge < -0.3 is 10.4 Å². The summed E-state index contributed by atoms with van der Waals surface area (Å²) in [5.74, 6) is 0.128. The number of rotatable bonds is 5. The van der Waals surface area contributed by atoms with Crippen LogP contribution in [0.15, 0.2) is 46.7 Å². The third-order valence-electron chi connectivity index (χ3n) is 3.73. The van der Waals surface area contributed by atoms with Crippen LogP contribution >= 0.6 is 11.3 Å². The van der Waals surface area contributed by atoms with Crippen LogP contribution in [0.2, 0.25) is 0 Å². The number of fused-ring (bicyclic) bond motifs is 1. The number of aliphatic hydroxyl groups excluding tert-OH is 1. The second kappa shape index (κ2) is 6.52. The average Bonchev–Trinajstić information content (AvgIpc) is 3.01. The Morgan fingerprint density at radius 3 is 2.91 bits per heavy atom. The average molecular weight is 329 g/mol. The fourth-order valence-electron chi connectivity index (χ4n) is 2.44. The normalized spacial score (nSPS) is 12.7. The van der Waals surface area contributed by atoms with Crippen LogP contribution in [0.25, 0.3) is 4.96 Å². The van der Waals surface area contributed by atoms with Gasteiger partial charge in [-0.2, -0.15) is 0 Å². The molecule has 0 spiro atoms. The zero-order valence-electron chi connectivity index (χ0n) is 13.1. The van der Waals surface area contributed by atoms with Crippen LogP contribution in [0.4, 0.5) is 5.69 Å². The van der Waals surface area contributed by atoms with E-state index >= 15 is 0 Å². The number of thiazole rings is 1. The summed E-state index contributed by atoms with van der Waals surface area (Å²) >= 11 is 1.43. The summed E-state index contributed by atoms with van der Waals surface area (Å²) in [6, 6.07) is 9.21. The van der Waals surface area contributed by atoms with Crippen LogP contribution in [0, 0.1) is 5.92 Å². The van der Waals surface area contributed by atoms with Gasteiger partial charge in [-0.05, 0) is 12.0 Å². The minimum absolute atomic E-state index is 0.0800. The molecule has 0 aliphatic carbocycles. The number of aromatic nitrogens is 2. The van der Waals surface area contributed by atoms with Gasteiger partial charge in [0.15, 0.2) is 4.96 Å². The van der Waals surface area contributed by atoms with Crippen molar-refractivity contribution < 1.29 is 5.11 Å². The van der Waals surface area contributed by atoms with E-state index in [-0.39, 0.29) is 11.5 Å². The van der Waals surface area contributed by atoms with Crippen molar-refractivity contribution in [3.63, 3.8) is 0 Å². The number of anilines is 1. The summed E-state index contributed by atoms with van der Waals surface area (Å²) in [5, 5.41) is 15.5. The first kappa shape index (κ1) is 15.7. The first-order chi connectivity index (χ1) is 11.1. The summed E-state index contributed by atoms with van der Waals surface area (Å²) in [6.45, 7) is 4.40. The van der Waals surface area contributed by atoms with Crippen molar-refractivity contribution in [1.29, 1.82) is 0 Å². The molecule has 0 aliphatic rings. The minimum Gasteiger partial charge on any atom is -0.388 e. The van der Waals surface area contributed by atoms with Gasteiger partial charge in [0, 0.05) is 28.9 Å². The summed E-state index contributed by atoms with van der Waals surface area (Å²) in [7, 11) is 0. The van der Waals surface area contributed by atoms with Crippen molar-refractivity contribution in [3.05, 3.63) is 63.5 Å². The smallest absolute Gasteiger partial charge is 0.258 e. The molecule has 2 aromatic heterocycles. The van der Waals surface area contributed by atoms with E-state index in [9.17, 15) is 9.90 Å².